The average Bonchev–Trinajstić information content (AvgIpc) is 3.50. The van der Waals surface area contributed by atoms with E-state index in [0.29, 0.717) is 17.5 Å². The first kappa shape index (κ1) is 31.5. The maximum absolute atomic E-state index is 15.2. The SMILES string of the molecule is CCC(C)(CNC(=O)O)c1cccc(-c2ccnc3c2c(C(F)(F)F)nn3C(c2ccccc2)(c2ccccc2)c2ccccc2)c1. The highest BCUT2D eigenvalue weighted by Gasteiger charge is 2.45. The molecule has 0 saturated carbocycles. The molecule has 9 heteroatoms. The molecular formula is C38H33F3N4O2. The van der Waals surface area contributed by atoms with Crippen LogP contribution in [0, 0.1) is 0 Å². The second kappa shape index (κ2) is 12.4. The molecule has 0 fully saturated rings. The van der Waals surface area contributed by atoms with Gasteiger partial charge >= 0.3 is 12.3 Å². The molecule has 2 aromatic heterocycles. The van der Waals surface area contributed by atoms with Crippen LogP contribution in [-0.4, -0.2) is 32.5 Å². The normalized spacial score (nSPS) is 13.3. The summed E-state index contributed by atoms with van der Waals surface area (Å²) in [6.07, 6.45) is -3.84. The highest BCUT2D eigenvalue weighted by molar-refractivity contribution is 5.96. The number of hydrogen-bond donors (Lipinski definition) is 2. The van der Waals surface area contributed by atoms with Crippen LogP contribution in [0.1, 0.15) is 48.2 Å². The van der Waals surface area contributed by atoms with Gasteiger partial charge in [-0.1, -0.05) is 129 Å². The lowest BCUT2D eigenvalue weighted by Crippen LogP contribution is -2.39. The van der Waals surface area contributed by atoms with Gasteiger partial charge in [0.25, 0.3) is 0 Å². The Morgan fingerprint density at radius 2 is 1.32 bits per heavy atom. The number of benzene rings is 4. The molecule has 6 aromatic rings. The third-order valence-electron chi connectivity index (χ3n) is 9.01. The van der Waals surface area contributed by atoms with Crippen LogP contribution in [0.4, 0.5) is 18.0 Å². The molecule has 6 nitrogen and oxygen atoms in total. The van der Waals surface area contributed by atoms with Gasteiger partial charge in [0.15, 0.2) is 11.3 Å². The molecule has 0 saturated heterocycles. The van der Waals surface area contributed by atoms with Crippen molar-refractivity contribution in [1.29, 1.82) is 0 Å². The van der Waals surface area contributed by atoms with E-state index in [0.717, 1.165) is 22.3 Å². The maximum Gasteiger partial charge on any atom is 0.435 e. The Morgan fingerprint density at radius 1 is 0.787 bits per heavy atom. The molecule has 2 N–H and O–H groups in total. The average molecular weight is 635 g/mol. The van der Waals surface area contributed by atoms with Gasteiger partial charge in [-0.3, -0.25) is 0 Å². The first-order valence-corrected chi connectivity index (χ1v) is 15.3. The van der Waals surface area contributed by atoms with E-state index in [1.54, 1.807) is 18.2 Å². The van der Waals surface area contributed by atoms with Crippen LogP contribution in [0.15, 0.2) is 128 Å². The van der Waals surface area contributed by atoms with E-state index in [4.69, 9.17) is 0 Å². The second-order valence-corrected chi connectivity index (χ2v) is 11.8. The van der Waals surface area contributed by atoms with Crippen LogP contribution in [0.2, 0.25) is 0 Å². The molecule has 1 amide bonds. The van der Waals surface area contributed by atoms with E-state index < -0.39 is 28.9 Å². The molecule has 47 heavy (non-hydrogen) atoms. The second-order valence-electron chi connectivity index (χ2n) is 11.8. The van der Waals surface area contributed by atoms with Crippen molar-refractivity contribution in [2.24, 2.45) is 0 Å². The lowest BCUT2D eigenvalue weighted by molar-refractivity contribution is -0.140. The summed E-state index contributed by atoms with van der Waals surface area (Å²) in [5.41, 5.74) is 0.926. The number of halogens is 3. The minimum Gasteiger partial charge on any atom is -0.465 e. The Bertz CT molecular complexity index is 1920. The van der Waals surface area contributed by atoms with Gasteiger partial charge in [0.2, 0.25) is 0 Å². The van der Waals surface area contributed by atoms with E-state index >= 15 is 13.2 Å². The number of pyridine rings is 1. The van der Waals surface area contributed by atoms with Crippen LogP contribution in [0.25, 0.3) is 22.2 Å². The third-order valence-corrected chi connectivity index (χ3v) is 9.01. The predicted octanol–water partition coefficient (Wildman–Crippen LogP) is 8.89. The monoisotopic (exact) mass is 634 g/mol. The van der Waals surface area contributed by atoms with Crippen molar-refractivity contribution < 1.29 is 23.1 Å². The Balaban J connectivity index is 1.69. The number of carbonyl (C=O) groups is 1. The summed E-state index contributed by atoms with van der Waals surface area (Å²) in [7, 11) is 0. The first-order chi connectivity index (χ1) is 22.6. The van der Waals surface area contributed by atoms with Crippen LogP contribution in [0.3, 0.4) is 0 Å². The van der Waals surface area contributed by atoms with E-state index in [2.05, 4.69) is 15.4 Å². The number of rotatable bonds is 9. The fraction of sp³-hybridized carbons (Fsp3) is 0.184. The van der Waals surface area contributed by atoms with E-state index in [1.165, 1.54) is 10.9 Å². The van der Waals surface area contributed by atoms with Gasteiger partial charge in [-0.05, 0) is 45.9 Å². The van der Waals surface area contributed by atoms with Gasteiger partial charge in [-0.2, -0.15) is 18.3 Å². The Kier molecular flexibility index (Phi) is 8.32. The summed E-state index contributed by atoms with van der Waals surface area (Å²) < 4.78 is 46.9. The van der Waals surface area contributed by atoms with Crippen molar-refractivity contribution in [3.8, 4) is 11.1 Å². The van der Waals surface area contributed by atoms with Gasteiger partial charge in [-0.15, -0.1) is 0 Å². The van der Waals surface area contributed by atoms with Crippen LogP contribution in [-0.2, 0) is 17.1 Å². The summed E-state index contributed by atoms with van der Waals surface area (Å²) in [5.74, 6) is 0. The molecule has 6 rings (SSSR count). The van der Waals surface area contributed by atoms with Crippen molar-refractivity contribution in [3.05, 3.63) is 155 Å². The number of aromatic nitrogens is 3. The van der Waals surface area contributed by atoms with E-state index in [1.807, 2.05) is 117 Å². The number of nitrogens with one attached hydrogen (secondary N) is 1. The lowest BCUT2D eigenvalue weighted by atomic mass is 9.77. The van der Waals surface area contributed by atoms with Gasteiger partial charge in [0.05, 0.1) is 5.39 Å². The number of nitrogens with zero attached hydrogens (tertiary/aromatic N) is 3. The van der Waals surface area contributed by atoms with Crippen molar-refractivity contribution >= 4 is 17.1 Å². The van der Waals surface area contributed by atoms with Crippen molar-refractivity contribution in [3.63, 3.8) is 0 Å². The molecule has 0 bridgehead atoms. The number of amides is 1. The van der Waals surface area contributed by atoms with Gasteiger partial charge in [0, 0.05) is 18.2 Å². The van der Waals surface area contributed by atoms with Gasteiger partial charge in [-0.25, -0.2) is 14.5 Å². The molecule has 2 heterocycles. The lowest BCUT2D eigenvalue weighted by Gasteiger charge is -2.36. The van der Waals surface area contributed by atoms with Gasteiger partial charge < -0.3 is 10.4 Å². The van der Waals surface area contributed by atoms with E-state index in [9.17, 15) is 9.90 Å². The fourth-order valence-corrected chi connectivity index (χ4v) is 6.38. The molecule has 0 aliphatic rings. The zero-order valence-electron chi connectivity index (χ0n) is 25.9. The van der Waals surface area contributed by atoms with E-state index in [-0.39, 0.29) is 17.6 Å². The predicted molar refractivity (Wildman–Crippen MR) is 176 cm³/mol. The highest BCUT2D eigenvalue weighted by atomic mass is 19.4. The zero-order valence-corrected chi connectivity index (χ0v) is 25.9. The molecule has 1 atom stereocenters. The van der Waals surface area contributed by atoms with Crippen molar-refractivity contribution in [1.82, 2.24) is 20.1 Å². The summed E-state index contributed by atoms with van der Waals surface area (Å²) in [6, 6.07) is 37.0. The molecule has 4 aromatic carbocycles. The fourth-order valence-electron chi connectivity index (χ4n) is 6.38. The molecular weight excluding hydrogens is 601 g/mol. The standard InChI is InChI=1S/C38H33F3N4O2/c1-3-36(2,25-43-35(46)47)30-21-13-14-26(24-30)31-22-23-42-34-32(31)33(38(39,40)41)44-45(34)37(27-15-7-4-8-16-27,28-17-9-5-10-18-28)29-19-11-6-12-20-29/h4-24,43H,3,25H2,1-2H3,(H,46,47). The first-order valence-electron chi connectivity index (χ1n) is 15.3. The third kappa shape index (κ3) is 5.62. The topological polar surface area (TPSA) is 80.0 Å². The molecule has 0 spiro atoms. The molecule has 0 aliphatic heterocycles. The number of alkyl halides is 3. The minimum atomic E-state index is -4.81. The Hall–Kier alpha value is -5.44. The summed E-state index contributed by atoms with van der Waals surface area (Å²) >= 11 is 0. The van der Waals surface area contributed by atoms with Crippen LogP contribution < -0.4 is 5.32 Å². The number of hydrogen-bond acceptors (Lipinski definition) is 3. The highest BCUT2D eigenvalue weighted by Crippen LogP contribution is 2.46. The largest absolute Gasteiger partial charge is 0.465 e. The quantitative estimate of drug-likeness (QED) is 0.156. The van der Waals surface area contributed by atoms with Crippen LogP contribution in [0.5, 0.6) is 0 Å². The van der Waals surface area contributed by atoms with Crippen molar-refractivity contribution in [2.45, 2.75) is 37.4 Å². The van der Waals surface area contributed by atoms with Crippen molar-refractivity contribution in [2.75, 3.05) is 6.54 Å². The maximum atomic E-state index is 15.2. The molecule has 1 unspecified atom stereocenters. The smallest absolute Gasteiger partial charge is 0.435 e. The zero-order chi connectivity index (χ0) is 33.2. The molecule has 238 valence electrons. The summed E-state index contributed by atoms with van der Waals surface area (Å²) in [5, 5.41) is 16.0. The molecule has 0 radical (unpaired) electrons. The summed E-state index contributed by atoms with van der Waals surface area (Å²) in [6.45, 7) is 4.02. The number of carboxylic acid groups (broad SMARTS) is 1. The Morgan fingerprint density at radius 3 is 1.81 bits per heavy atom. The number of fused-ring (bicyclic) bond motifs is 1. The van der Waals surface area contributed by atoms with Crippen LogP contribution >= 0.6 is 0 Å². The molecule has 0 aliphatic carbocycles. The Labute approximate surface area is 270 Å². The minimum absolute atomic E-state index is 0.0718. The summed E-state index contributed by atoms with van der Waals surface area (Å²) in [4.78, 5) is 15.9. The van der Waals surface area contributed by atoms with Gasteiger partial charge in [0.1, 0.15) is 5.54 Å².